The number of benzene rings is 2. The number of anilines is 2. The van der Waals surface area contributed by atoms with Gasteiger partial charge < -0.3 is 20.7 Å². The van der Waals surface area contributed by atoms with Crippen LogP contribution in [0, 0.1) is 0 Å². The quantitative estimate of drug-likeness (QED) is 0.440. The molecule has 10 heteroatoms. The molecule has 0 bridgehead atoms. The second kappa shape index (κ2) is 10.6. The van der Waals surface area contributed by atoms with Gasteiger partial charge in [-0.15, -0.1) is 5.10 Å². The van der Waals surface area contributed by atoms with Crippen LogP contribution in [-0.2, 0) is 14.4 Å². The molecule has 2 aromatic carbocycles. The molecule has 1 aliphatic rings. The third-order valence-electron chi connectivity index (χ3n) is 4.42. The lowest BCUT2D eigenvalue weighted by molar-refractivity contribution is -0.122. The molecule has 166 valence electrons. The Balaban J connectivity index is 1.62. The van der Waals surface area contributed by atoms with Crippen molar-refractivity contribution in [3.05, 3.63) is 54.1 Å². The highest BCUT2D eigenvalue weighted by Gasteiger charge is 2.32. The number of rotatable bonds is 7. The van der Waals surface area contributed by atoms with Gasteiger partial charge in [-0.25, -0.2) is 0 Å². The molecule has 1 aliphatic heterocycles. The second-order valence-electron chi connectivity index (χ2n) is 6.90. The number of hydrogen-bond donors (Lipinski definition) is 3. The first-order valence-electron chi connectivity index (χ1n) is 9.76. The lowest BCUT2D eigenvalue weighted by Crippen LogP contribution is -2.28. The summed E-state index contributed by atoms with van der Waals surface area (Å²) in [4.78, 5) is 35.9. The number of carbonyl (C=O) groups excluding carboxylic acids is 3. The molecule has 9 nitrogen and oxygen atoms in total. The predicted octanol–water partition coefficient (Wildman–Crippen LogP) is 2.99. The standard InChI is InChI=1S/C22H23N5O4S/c1-13(15-7-6-8-16(11-15)23-14(2)28)26-27-22-25-21(30)19(32-22)12-20(29)24-17-9-4-5-10-18(17)31-3/h4-11,19H,12H2,1-3H3,(H,23,28)(H,24,29)(H,25,27,30)/b26-13-/t19-/m0/s1. The highest BCUT2D eigenvalue weighted by atomic mass is 32.2. The van der Waals surface area contributed by atoms with Crippen molar-refractivity contribution in [2.45, 2.75) is 25.5 Å². The number of amides is 3. The summed E-state index contributed by atoms with van der Waals surface area (Å²) >= 11 is 1.15. The summed E-state index contributed by atoms with van der Waals surface area (Å²) in [7, 11) is 1.52. The van der Waals surface area contributed by atoms with Gasteiger partial charge in [0.15, 0.2) is 5.17 Å². The normalized spacial score (nSPS) is 17.1. The van der Waals surface area contributed by atoms with Crippen LogP contribution in [0.5, 0.6) is 5.75 Å². The SMILES string of the molecule is COc1ccccc1NC(=O)C[C@@H]1S/C(=N/N=C(/C)c2cccc(NC(C)=O)c2)NC1=O. The number of hydrogen-bond acceptors (Lipinski definition) is 7. The average molecular weight is 454 g/mol. The maximum absolute atomic E-state index is 12.4. The van der Waals surface area contributed by atoms with Crippen LogP contribution in [0.15, 0.2) is 58.7 Å². The first-order chi connectivity index (χ1) is 15.4. The van der Waals surface area contributed by atoms with E-state index < -0.39 is 5.25 Å². The van der Waals surface area contributed by atoms with E-state index in [4.69, 9.17) is 4.74 Å². The summed E-state index contributed by atoms with van der Waals surface area (Å²) in [6, 6.07) is 14.3. The largest absolute Gasteiger partial charge is 0.495 e. The molecule has 0 aliphatic carbocycles. The molecule has 32 heavy (non-hydrogen) atoms. The molecule has 1 fully saturated rings. The van der Waals surface area contributed by atoms with E-state index >= 15 is 0 Å². The molecule has 1 atom stereocenters. The van der Waals surface area contributed by atoms with E-state index in [-0.39, 0.29) is 24.1 Å². The maximum Gasteiger partial charge on any atom is 0.240 e. The fourth-order valence-corrected chi connectivity index (χ4v) is 3.83. The zero-order valence-corrected chi connectivity index (χ0v) is 18.7. The van der Waals surface area contributed by atoms with E-state index in [9.17, 15) is 14.4 Å². The third-order valence-corrected chi connectivity index (χ3v) is 5.49. The number of para-hydroxylation sites is 2. The van der Waals surface area contributed by atoms with Crippen LogP contribution in [0.3, 0.4) is 0 Å². The topological polar surface area (TPSA) is 121 Å². The summed E-state index contributed by atoms with van der Waals surface area (Å²) < 4.78 is 5.22. The summed E-state index contributed by atoms with van der Waals surface area (Å²) in [5.74, 6) is -0.232. The van der Waals surface area contributed by atoms with Gasteiger partial charge in [-0.05, 0) is 36.8 Å². The van der Waals surface area contributed by atoms with Crippen molar-refractivity contribution in [2.24, 2.45) is 10.2 Å². The number of thioether (sulfide) groups is 1. The molecule has 3 N–H and O–H groups in total. The molecule has 0 aromatic heterocycles. The average Bonchev–Trinajstić information content (AvgIpc) is 3.11. The van der Waals surface area contributed by atoms with Crippen LogP contribution in [0.2, 0.25) is 0 Å². The van der Waals surface area contributed by atoms with Gasteiger partial charge in [0.1, 0.15) is 11.0 Å². The van der Waals surface area contributed by atoms with Crippen molar-refractivity contribution in [1.29, 1.82) is 0 Å². The van der Waals surface area contributed by atoms with Gasteiger partial charge in [-0.2, -0.15) is 5.10 Å². The van der Waals surface area contributed by atoms with Gasteiger partial charge in [0, 0.05) is 19.0 Å². The Labute approximate surface area is 189 Å². The Morgan fingerprint density at radius 2 is 1.91 bits per heavy atom. The van der Waals surface area contributed by atoms with Crippen molar-refractivity contribution in [1.82, 2.24) is 5.32 Å². The molecule has 0 unspecified atom stereocenters. The minimum Gasteiger partial charge on any atom is -0.495 e. The van der Waals surface area contributed by atoms with Crippen molar-refractivity contribution in [2.75, 3.05) is 17.7 Å². The Morgan fingerprint density at radius 3 is 2.66 bits per heavy atom. The fraction of sp³-hybridized carbons (Fsp3) is 0.227. The number of methoxy groups -OCH3 is 1. The van der Waals surface area contributed by atoms with E-state index in [2.05, 4.69) is 26.2 Å². The van der Waals surface area contributed by atoms with Gasteiger partial charge >= 0.3 is 0 Å². The van der Waals surface area contributed by atoms with Gasteiger partial charge in [0.25, 0.3) is 0 Å². The Morgan fingerprint density at radius 1 is 1.12 bits per heavy atom. The summed E-state index contributed by atoms with van der Waals surface area (Å²) in [6.07, 6.45) is -0.0188. The molecule has 0 spiro atoms. The van der Waals surface area contributed by atoms with Gasteiger partial charge in [0.05, 0.1) is 18.5 Å². The minimum absolute atomic E-state index is 0.0188. The molecule has 3 amide bonds. The van der Waals surface area contributed by atoms with E-state index in [0.29, 0.717) is 28.0 Å². The minimum atomic E-state index is -0.609. The number of ether oxygens (including phenoxy) is 1. The van der Waals surface area contributed by atoms with E-state index in [1.807, 2.05) is 6.07 Å². The van der Waals surface area contributed by atoms with E-state index in [0.717, 1.165) is 17.3 Å². The molecule has 2 aromatic rings. The molecule has 0 saturated carbocycles. The molecule has 1 saturated heterocycles. The van der Waals surface area contributed by atoms with Crippen LogP contribution in [0.25, 0.3) is 0 Å². The van der Waals surface area contributed by atoms with E-state index in [1.165, 1.54) is 14.0 Å². The van der Waals surface area contributed by atoms with Crippen molar-refractivity contribution < 1.29 is 19.1 Å². The molecule has 0 radical (unpaired) electrons. The number of nitrogens with one attached hydrogen (secondary N) is 3. The van der Waals surface area contributed by atoms with Crippen LogP contribution < -0.4 is 20.7 Å². The van der Waals surface area contributed by atoms with Crippen LogP contribution in [0.1, 0.15) is 25.8 Å². The first-order valence-corrected chi connectivity index (χ1v) is 10.6. The predicted molar refractivity (Wildman–Crippen MR) is 126 cm³/mol. The number of carbonyl (C=O) groups is 3. The third kappa shape index (κ3) is 6.17. The molecule has 3 rings (SSSR count). The van der Waals surface area contributed by atoms with Gasteiger partial charge in [0.2, 0.25) is 17.7 Å². The highest BCUT2D eigenvalue weighted by Crippen LogP contribution is 2.26. The first kappa shape index (κ1) is 23.0. The van der Waals surface area contributed by atoms with Crippen molar-refractivity contribution >= 4 is 51.7 Å². The summed E-state index contributed by atoms with van der Waals surface area (Å²) in [6.45, 7) is 3.21. The maximum atomic E-state index is 12.4. The van der Waals surface area contributed by atoms with Crippen molar-refractivity contribution in [3.8, 4) is 5.75 Å². The zero-order chi connectivity index (χ0) is 23.1. The molecular formula is C22H23N5O4S. The summed E-state index contributed by atoms with van der Waals surface area (Å²) in [5, 5.41) is 16.1. The Kier molecular flexibility index (Phi) is 7.61. The van der Waals surface area contributed by atoms with Crippen LogP contribution in [-0.4, -0.2) is 41.0 Å². The Hall–Kier alpha value is -3.66. The number of amidine groups is 1. The van der Waals surface area contributed by atoms with Crippen LogP contribution in [0.4, 0.5) is 11.4 Å². The zero-order valence-electron chi connectivity index (χ0n) is 17.8. The highest BCUT2D eigenvalue weighted by molar-refractivity contribution is 8.15. The smallest absolute Gasteiger partial charge is 0.240 e. The Bertz CT molecular complexity index is 1100. The van der Waals surface area contributed by atoms with Gasteiger partial charge in [-0.3, -0.25) is 14.4 Å². The van der Waals surface area contributed by atoms with Crippen molar-refractivity contribution in [3.63, 3.8) is 0 Å². The number of nitrogens with zero attached hydrogens (tertiary/aromatic N) is 2. The summed E-state index contributed by atoms with van der Waals surface area (Å²) in [5.41, 5.74) is 2.58. The van der Waals surface area contributed by atoms with Crippen LogP contribution >= 0.6 is 11.8 Å². The lowest BCUT2D eigenvalue weighted by atomic mass is 10.1. The lowest BCUT2D eigenvalue weighted by Gasteiger charge is -2.10. The second-order valence-corrected chi connectivity index (χ2v) is 8.09. The van der Waals surface area contributed by atoms with Gasteiger partial charge in [-0.1, -0.05) is 36.0 Å². The fourth-order valence-electron chi connectivity index (χ4n) is 2.91. The molecular weight excluding hydrogens is 430 g/mol. The van der Waals surface area contributed by atoms with E-state index in [1.54, 1.807) is 49.4 Å². The monoisotopic (exact) mass is 453 g/mol. The molecule has 1 heterocycles.